The van der Waals surface area contributed by atoms with Gasteiger partial charge in [-0.15, -0.1) is 0 Å². The smallest absolute Gasteiger partial charge is 0.317 e. The largest absolute Gasteiger partial charge is 1.00 e. The third kappa shape index (κ3) is 11.4. The zero-order valence-corrected chi connectivity index (χ0v) is 7.74. The summed E-state index contributed by atoms with van der Waals surface area (Å²) in [5.41, 5.74) is 0. The standard InChI is InChI=1S/C8H19N.Li/c1-3-5-7-9-8-6-4-2;/h9H,3-8H2,1-2H3;/q;+1. The Hall–Kier alpha value is 0.557. The van der Waals surface area contributed by atoms with Gasteiger partial charge in [-0.1, -0.05) is 26.7 Å². The molecular weight excluding hydrogens is 117 g/mol. The van der Waals surface area contributed by atoms with Gasteiger partial charge in [0.1, 0.15) is 0 Å². The Labute approximate surface area is 77.1 Å². The topological polar surface area (TPSA) is 12.0 Å². The van der Waals surface area contributed by atoms with Crippen molar-refractivity contribution in [1.29, 1.82) is 0 Å². The molecular formula is C8H19LiN+. The fourth-order valence-electron chi connectivity index (χ4n) is 0.729. The van der Waals surface area contributed by atoms with E-state index < -0.39 is 0 Å². The normalized spacial score (nSPS) is 9.00. The Kier molecular flexibility index (Phi) is 16.1. The van der Waals surface area contributed by atoms with Crippen molar-refractivity contribution < 1.29 is 18.9 Å². The van der Waals surface area contributed by atoms with Gasteiger partial charge in [0, 0.05) is 0 Å². The van der Waals surface area contributed by atoms with Crippen LogP contribution in [0.15, 0.2) is 0 Å². The molecule has 0 aromatic carbocycles. The summed E-state index contributed by atoms with van der Waals surface area (Å²) in [6.07, 6.45) is 5.26. The molecule has 1 nitrogen and oxygen atoms in total. The summed E-state index contributed by atoms with van der Waals surface area (Å²) in [6, 6.07) is 0. The van der Waals surface area contributed by atoms with Gasteiger partial charge < -0.3 is 5.32 Å². The number of unbranched alkanes of at least 4 members (excludes halogenated alkanes) is 2. The van der Waals surface area contributed by atoms with Gasteiger partial charge in [-0.05, 0) is 25.9 Å². The van der Waals surface area contributed by atoms with Crippen LogP contribution in [-0.2, 0) is 0 Å². The summed E-state index contributed by atoms with van der Waals surface area (Å²) in [7, 11) is 0. The Morgan fingerprint density at radius 3 is 1.60 bits per heavy atom. The average Bonchev–Trinajstić information content (AvgIpc) is 1.89. The molecule has 0 fully saturated rings. The Morgan fingerprint density at radius 1 is 0.900 bits per heavy atom. The summed E-state index contributed by atoms with van der Waals surface area (Å²) in [5.74, 6) is 0. The van der Waals surface area contributed by atoms with Crippen molar-refractivity contribution in [2.24, 2.45) is 0 Å². The van der Waals surface area contributed by atoms with Gasteiger partial charge >= 0.3 is 18.9 Å². The Balaban J connectivity index is 0. The van der Waals surface area contributed by atoms with Crippen LogP contribution in [0.3, 0.4) is 0 Å². The first-order chi connectivity index (χ1) is 4.41. The number of nitrogens with one attached hydrogen (secondary N) is 1. The summed E-state index contributed by atoms with van der Waals surface area (Å²) in [4.78, 5) is 0. The molecule has 1 N–H and O–H groups in total. The zero-order valence-electron chi connectivity index (χ0n) is 7.74. The molecule has 0 atom stereocenters. The minimum absolute atomic E-state index is 0. The molecule has 0 heterocycles. The van der Waals surface area contributed by atoms with Crippen molar-refractivity contribution in [3.8, 4) is 0 Å². The van der Waals surface area contributed by atoms with Gasteiger partial charge in [-0.3, -0.25) is 0 Å². The minimum Gasteiger partial charge on any atom is -0.317 e. The summed E-state index contributed by atoms with van der Waals surface area (Å²) >= 11 is 0. The molecule has 0 spiro atoms. The van der Waals surface area contributed by atoms with E-state index in [1.54, 1.807) is 0 Å². The molecule has 0 aliphatic rings. The molecule has 56 valence electrons. The zero-order chi connectivity index (χ0) is 6.95. The second-order valence-corrected chi connectivity index (χ2v) is 2.46. The van der Waals surface area contributed by atoms with Crippen LogP contribution >= 0.6 is 0 Å². The first kappa shape index (κ1) is 13.2. The van der Waals surface area contributed by atoms with Gasteiger partial charge in [0.25, 0.3) is 0 Å². The van der Waals surface area contributed by atoms with E-state index in [1.165, 1.54) is 38.8 Å². The van der Waals surface area contributed by atoms with Gasteiger partial charge in [0.05, 0.1) is 0 Å². The molecule has 0 aliphatic carbocycles. The predicted molar refractivity (Wildman–Crippen MR) is 42.7 cm³/mol. The van der Waals surface area contributed by atoms with E-state index in [9.17, 15) is 0 Å². The molecule has 0 aliphatic heterocycles. The second-order valence-electron chi connectivity index (χ2n) is 2.46. The van der Waals surface area contributed by atoms with Crippen LogP contribution in [0.25, 0.3) is 0 Å². The van der Waals surface area contributed by atoms with E-state index in [1.807, 2.05) is 0 Å². The number of rotatable bonds is 6. The van der Waals surface area contributed by atoms with Crippen LogP contribution in [0.4, 0.5) is 0 Å². The van der Waals surface area contributed by atoms with Gasteiger partial charge in [0.15, 0.2) is 0 Å². The third-order valence-corrected chi connectivity index (χ3v) is 1.41. The van der Waals surface area contributed by atoms with Crippen molar-refractivity contribution in [2.75, 3.05) is 13.1 Å². The van der Waals surface area contributed by atoms with Crippen LogP contribution in [0, 0.1) is 0 Å². The maximum atomic E-state index is 3.39. The van der Waals surface area contributed by atoms with E-state index in [2.05, 4.69) is 19.2 Å². The first-order valence-corrected chi connectivity index (χ1v) is 4.12. The van der Waals surface area contributed by atoms with Gasteiger partial charge in [-0.2, -0.15) is 0 Å². The molecule has 0 amide bonds. The number of hydrogen-bond acceptors (Lipinski definition) is 1. The van der Waals surface area contributed by atoms with Crippen molar-refractivity contribution in [2.45, 2.75) is 39.5 Å². The molecule has 2 heteroatoms. The van der Waals surface area contributed by atoms with Crippen molar-refractivity contribution >= 4 is 0 Å². The third-order valence-electron chi connectivity index (χ3n) is 1.41. The molecule has 0 aromatic heterocycles. The minimum atomic E-state index is 0. The summed E-state index contributed by atoms with van der Waals surface area (Å²) in [6.45, 7) is 6.86. The first-order valence-electron chi connectivity index (χ1n) is 4.12. The fourth-order valence-corrected chi connectivity index (χ4v) is 0.729. The van der Waals surface area contributed by atoms with Crippen molar-refractivity contribution in [1.82, 2.24) is 5.32 Å². The van der Waals surface area contributed by atoms with Crippen LogP contribution < -0.4 is 24.2 Å². The Bertz CT molecular complexity index is 42.5. The SMILES string of the molecule is CCCCNCCCC.[Li+]. The monoisotopic (exact) mass is 136 g/mol. The molecule has 10 heavy (non-hydrogen) atoms. The molecule has 0 unspecified atom stereocenters. The van der Waals surface area contributed by atoms with Gasteiger partial charge in [-0.25, -0.2) is 0 Å². The summed E-state index contributed by atoms with van der Waals surface area (Å²) in [5, 5.41) is 3.39. The van der Waals surface area contributed by atoms with Gasteiger partial charge in [0.2, 0.25) is 0 Å². The molecule has 0 saturated heterocycles. The second kappa shape index (κ2) is 12.3. The van der Waals surface area contributed by atoms with Crippen LogP contribution in [0.2, 0.25) is 0 Å². The maximum Gasteiger partial charge on any atom is 1.00 e. The Morgan fingerprint density at radius 2 is 1.30 bits per heavy atom. The molecule has 0 saturated carbocycles. The van der Waals surface area contributed by atoms with Crippen LogP contribution in [0.1, 0.15) is 39.5 Å². The summed E-state index contributed by atoms with van der Waals surface area (Å²) < 4.78 is 0. The molecule has 0 aromatic rings. The number of hydrogen-bond donors (Lipinski definition) is 1. The van der Waals surface area contributed by atoms with E-state index in [4.69, 9.17) is 0 Å². The fraction of sp³-hybridized carbons (Fsp3) is 1.00. The van der Waals surface area contributed by atoms with E-state index in [-0.39, 0.29) is 18.9 Å². The van der Waals surface area contributed by atoms with Crippen molar-refractivity contribution in [3.63, 3.8) is 0 Å². The predicted octanol–water partition coefficient (Wildman–Crippen LogP) is -0.820. The van der Waals surface area contributed by atoms with E-state index in [0.717, 1.165) is 0 Å². The van der Waals surface area contributed by atoms with Crippen LogP contribution in [0.5, 0.6) is 0 Å². The van der Waals surface area contributed by atoms with Crippen LogP contribution in [-0.4, -0.2) is 13.1 Å². The molecule has 0 rings (SSSR count). The maximum absolute atomic E-state index is 3.39. The van der Waals surface area contributed by atoms with E-state index in [0.29, 0.717) is 0 Å². The molecule has 0 bridgehead atoms. The quantitative estimate of drug-likeness (QED) is 0.371. The average molecular weight is 136 g/mol. The van der Waals surface area contributed by atoms with Crippen molar-refractivity contribution in [3.05, 3.63) is 0 Å². The van der Waals surface area contributed by atoms with E-state index >= 15 is 0 Å². The molecule has 0 radical (unpaired) electrons.